The van der Waals surface area contributed by atoms with Crippen LogP contribution in [0, 0.1) is 0 Å². The lowest BCUT2D eigenvalue weighted by Crippen LogP contribution is -2.35. The van der Waals surface area contributed by atoms with Gasteiger partial charge in [0.05, 0.1) is 11.1 Å². The first kappa shape index (κ1) is 14.0. The lowest BCUT2D eigenvalue weighted by Gasteiger charge is -2.26. The smallest absolute Gasteiger partial charge is 0.0981 e. The Morgan fingerprint density at radius 2 is 2.22 bits per heavy atom. The van der Waals surface area contributed by atoms with Crippen molar-refractivity contribution in [1.29, 1.82) is 0 Å². The van der Waals surface area contributed by atoms with Crippen LogP contribution in [0.4, 0.5) is 0 Å². The Kier molecular flexibility index (Phi) is 4.41. The summed E-state index contributed by atoms with van der Waals surface area (Å²) in [5.74, 6) is 0. The average Bonchev–Trinajstić information content (AvgIpc) is 2.74. The maximum atomic E-state index is 9.64. The van der Waals surface area contributed by atoms with E-state index in [0.717, 1.165) is 25.8 Å². The number of hydrogen-bond acceptors (Lipinski definition) is 4. The second-order valence-electron chi connectivity index (χ2n) is 6.28. The Balaban J connectivity index is 1.85. The first-order chi connectivity index (χ1) is 8.45. The van der Waals surface area contributed by atoms with Crippen LogP contribution < -0.4 is 5.32 Å². The van der Waals surface area contributed by atoms with E-state index in [1.165, 1.54) is 16.3 Å². The zero-order valence-corrected chi connectivity index (χ0v) is 12.4. The molecule has 1 aromatic heterocycles. The Morgan fingerprint density at radius 1 is 1.44 bits per heavy atom. The van der Waals surface area contributed by atoms with E-state index in [1.54, 1.807) is 11.3 Å². The highest BCUT2D eigenvalue weighted by Crippen LogP contribution is 2.27. The summed E-state index contributed by atoms with van der Waals surface area (Å²) in [7, 11) is 0. The van der Waals surface area contributed by atoms with Crippen molar-refractivity contribution in [3.8, 4) is 0 Å². The van der Waals surface area contributed by atoms with Gasteiger partial charge in [0.2, 0.25) is 0 Å². The van der Waals surface area contributed by atoms with Crippen LogP contribution in [0.25, 0.3) is 0 Å². The average molecular weight is 268 g/mol. The molecule has 18 heavy (non-hydrogen) atoms. The lowest BCUT2D eigenvalue weighted by atomic mass is 9.93. The zero-order valence-electron chi connectivity index (χ0n) is 11.6. The van der Waals surface area contributed by atoms with E-state index in [-0.39, 0.29) is 11.5 Å². The SMILES string of the molecule is CC(C)(C)c1ncc(CNC2CCCC(O)C2)s1. The molecule has 0 bridgehead atoms. The van der Waals surface area contributed by atoms with E-state index in [2.05, 4.69) is 31.1 Å². The van der Waals surface area contributed by atoms with E-state index in [0.29, 0.717) is 6.04 Å². The minimum absolute atomic E-state index is 0.108. The van der Waals surface area contributed by atoms with Gasteiger partial charge in [0.25, 0.3) is 0 Å². The minimum atomic E-state index is -0.108. The highest BCUT2D eigenvalue weighted by molar-refractivity contribution is 7.11. The molecule has 4 heteroatoms. The molecular weight excluding hydrogens is 244 g/mol. The summed E-state index contributed by atoms with van der Waals surface area (Å²) in [6.45, 7) is 7.47. The van der Waals surface area contributed by atoms with Crippen LogP contribution in [0.5, 0.6) is 0 Å². The largest absolute Gasteiger partial charge is 0.393 e. The van der Waals surface area contributed by atoms with Gasteiger partial charge in [-0.3, -0.25) is 0 Å². The number of aliphatic hydroxyl groups excluding tert-OH is 1. The van der Waals surface area contributed by atoms with E-state index in [4.69, 9.17) is 0 Å². The molecule has 1 saturated carbocycles. The van der Waals surface area contributed by atoms with E-state index in [9.17, 15) is 5.11 Å². The Labute approximate surface area is 114 Å². The van der Waals surface area contributed by atoms with Gasteiger partial charge in [-0.05, 0) is 25.7 Å². The van der Waals surface area contributed by atoms with Gasteiger partial charge in [-0.2, -0.15) is 0 Å². The van der Waals surface area contributed by atoms with Crippen molar-refractivity contribution in [3.05, 3.63) is 16.1 Å². The maximum absolute atomic E-state index is 9.64. The van der Waals surface area contributed by atoms with Crippen molar-refractivity contribution in [2.45, 2.75) is 70.6 Å². The fraction of sp³-hybridized carbons (Fsp3) is 0.786. The van der Waals surface area contributed by atoms with Gasteiger partial charge < -0.3 is 10.4 Å². The van der Waals surface area contributed by atoms with Crippen LogP contribution in [0.15, 0.2) is 6.20 Å². The van der Waals surface area contributed by atoms with Crippen molar-refractivity contribution in [3.63, 3.8) is 0 Å². The Morgan fingerprint density at radius 3 is 2.83 bits per heavy atom. The number of aromatic nitrogens is 1. The van der Waals surface area contributed by atoms with Gasteiger partial charge in [-0.25, -0.2) is 4.98 Å². The molecule has 2 atom stereocenters. The highest BCUT2D eigenvalue weighted by Gasteiger charge is 2.21. The van der Waals surface area contributed by atoms with Crippen LogP contribution in [-0.2, 0) is 12.0 Å². The van der Waals surface area contributed by atoms with Crippen LogP contribution in [0.1, 0.15) is 56.3 Å². The lowest BCUT2D eigenvalue weighted by molar-refractivity contribution is 0.111. The molecule has 0 spiro atoms. The van der Waals surface area contributed by atoms with E-state index >= 15 is 0 Å². The molecule has 0 radical (unpaired) electrons. The summed E-state index contributed by atoms with van der Waals surface area (Å²) in [4.78, 5) is 5.79. The van der Waals surface area contributed by atoms with Gasteiger partial charge in [0.15, 0.2) is 0 Å². The second kappa shape index (κ2) is 5.68. The molecular formula is C14H24N2OS. The highest BCUT2D eigenvalue weighted by atomic mass is 32.1. The van der Waals surface area contributed by atoms with E-state index in [1.807, 2.05) is 6.20 Å². The van der Waals surface area contributed by atoms with Crippen molar-refractivity contribution in [2.24, 2.45) is 0 Å². The molecule has 0 saturated heterocycles. The second-order valence-corrected chi connectivity index (χ2v) is 7.40. The fourth-order valence-electron chi connectivity index (χ4n) is 2.33. The van der Waals surface area contributed by atoms with E-state index < -0.39 is 0 Å². The minimum Gasteiger partial charge on any atom is -0.393 e. The number of thiazole rings is 1. The zero-order chi connectivity index (χ0) is 13.2. The molecule has 1 fully saturated rings. The van der Waals surface area contributed by atoms with Crippen LogP contribution >= 0.6 is 11.3 Å². The Bertz CT molecular complexity index is 383. The molecule has 0 aromatic carbocycles. The molecule has 2 unspecified atom stereocenters. The topological polar surface area (TPSA) is 45.2 Å². The molecule has 2 N–H and O–H groups in total. The van der Waals surface area contributed by atoms with Crippen molar-refractivity contribution < 1.29 is 5.11 Å². The van der Waals surface area contributed by atoms with Gasteiger partial charge >= 0.3 is 0 Å². The number of nitrogens with one attached hydrogen (secondary N) is 1. The van der Waals surface area contributed by atoms with Crippen molar-refractivity contribution in [1.82, 2.24) is 10.3 Å². The first-order valence-electron chi connectivity index (χ1n) is 6.82. The van der Waals surface area contributed by atoms with Crippen LogP contribution in [0.2, 0.25) is 0 Å². The normalized spacial score (nSPS) is 25.3. The number of aliphatic hydroxyl groups is 1. The summed E-state index contributed by atoms with van der Waals surface area (Å²) >= 11 is 1.79. The van der Waals surface area contributed by atoms with Gasteiger partial charge in [0, 0.05) is 29.1 Å². The van der Waals surface area contributed by atoms with Crippen LogP contribution in [0.3, 0.4) is 0 Å². The third-order valence-corrected chi connectivity index (χ3v) is 4.83. The number of rotatable bonds is 3. The molecule has 2 rings (SSSR count). The molecule has 3 nitrogen and oxygen atoms in total. The third kappa shape index (κ3) is 3.77. The Hall–Kier alpha value is -0.450. The summed E-state index contributed by atoms with van der Waals surface area (Å²) in [6.07, 6.45) is 6.05. The first-order valence-corrected chi connectivity index (χ1v) is 7.63. The quantitative estimate of drug-likeness (QED) is 0.886. The molecule has 1 aliphatic rings. The summed E-state index contributed by atoms with van der Waals surface area (Å²) in [6, 6.07) is 0.467. The fourth-order valence-corrected chi connectivity index (χ4v) is 3.25. The van der Waals surface area contributed by atoms with Crippen LogP contribution in [-0.4, -0.2) is 22.2 Å². The van der Waals surface area contributed by atoms with Crippen molar-refractivity contribution >= 4 is 11.3 Å². The standard InChI is InChI=1S/C14H24N2OS/c1-14(2,3)13-16-9-12(18-13)8-15-10-5-4-6-11(17)7-10/h9-11,15,17H,4-8H2,1-3H3. The molecule has 1 aromatic rings. The number of nitrogens with zero attached hydrogens (tertiary/aromatic N) is 1. The monoisotopic (exact) mass is 268 g/mol. The van der Waals surface area contributed by atoms with Gasteiger partial charge in [-0.15, -0.1) is 11.3 Å². The number of hydrogen-bond donors (Lipinski definition) is 2. The third-order valence-electron chi connectivity index (χ3n) is 3.41. The summed E-state index contributed by atoms with van der Waals surface area (Å²) in [5.41, 5.74) is 0.143. The predicted octanol–water partition coefficient (Wildman–Crippen LogP) is 2.83. The predicted molar refractivity (Wildman–Crippen MR) is 75.9 cm³/mol. The van der Waals surface area contributed by atoms with Crippen molar-refractivity contribution in [2.75, 3.05) is 0 Å². The molecule has 0 amide bonds. The molecule has 102 valence electrons. The molecule has 0 aliphatic heterocycles. The summed E-state index contributed by atoms with van der Waals surface area (Å²) in [5, 5.41) is 14.4. The molecule has 1 aliphatic carbocycles. The summed E-state index contributed by atoms with van der Waals surface area (Å²) < 4.78 is 0. The van der Waals surface area contributed by atoms with Gasteiger partial charge in [0.1, 0.15) is 0 Å². The maximum Gasteiger partial charge on any atom is 0.0981 e. The molecule has 1 heterocycles. The van der Waals surface area contributed by atoms with Gasteiger partial charge in [-0.1, -0.05) is 20.8 Å².